The summed E-state index contributed by atoms with van der Waals surface area (Å²) in [4.78, 5) is 0. The van der Waals surface area contributed by atoms with E-state index in [1.807, 2.05) is 38.1 Å². The Morgan fingerprint density at radius 1 is 1.39 bits per heavy atom. The van der Waals surface area contributed by atoms with Gasteiger partial charge in [-0.15, -0.1) is 5.10 Å². The zero-order valence-electron chi connectivity index (χ0n) is 10.4. The third-order valence-electron chi connectivity index (χ3n) is 2.63. The quantitative estimate of drug-likeness (QED) is 0.856. The molecule has 92 valence electrons. The zero-order valence-corrected chi connectivity index (χ0v) is 11.2. The monoisotopic (exact) mass is 260 g/mol. The van der Waals surface area contributed by atoms with Gasteiger partial charge in [0.25, 0.3) is 0 Å². The number of H-pyrrole nitrogens is 1. The predicted molar refractivity (Wildman–Crippen MR) is 74.4 cm³/mol. The van der Waals surface area contributed by atoms with Crippen molar-refractivity contribution in [3.8, 4) is 17.0 Å². The maximum Gasteiger partial charge on any atom is 0.240 e. The summed E-state index contributed by atoms with van der Waals surface area (Å²) in [6.45, 7) is 4.39. The van der Waals surface area contributed by atoms with Crippen LogP contribution in [-0.2, 0) is 0 Å². The Labute approximate surface area is 113 Å². The van der Waals surface area contributed by atoms with Crippen molar-refractivity contribution < 1.29 is 4.74 Å². The number of hydrogen-bond donors (Lipinski definition) is 1. The van der Waals surface area contributed by atoms with E-state index in [2.05, 4.69) is 10.2 Å². The fraction of sp³-hybridized carbons (Fsp3) is 0.308. The molecule has 5 heteroatoms. The molecule has 0 saturated carbocycles. The Bertz CT molecular complexity index is 522. The van der Waals surface area contributed by atoms with Gasteiger partial charge in [0.2, 0.25) is 5.88 Å². The van der Waals surface area contributed by atoms with Gasteiger partial charge in [-0.2, -0.15) is 0 Å². The summed E-state index contributed by atoms with van der Waals surface area (Å²) in [6, 6.07) is 7.54. The Balaban J connectivity index is 2.52. The van der Waals surface area contributed by atoms with Crippen LogP contribution in [-0.4, -0.2) is 24.7 Å². The summed E-state index contributed by atoms with van der Waals surface area (Å²) >= 11 is 5.90. The minimum absolute atomic E-state index is 0.141. The number of halogens is 1. The van der Waals surface area contributed by atoms with E-state index >= 15 is 0 Å². The van der Waals surface area contributed by atoms with Crippen LogP contribution in [0.4, 0.5) is 0 Å². The lowest BCUT2D eigenvalue weighted by molar-refractivity contribution is 0.327. The maximum absolute atomic E-state index is 5.94. The number of ether oxygens (including phenoxy) is 1. The number of aromatic amines is 1. The molecule has 0 spiro atoms. The summed E-state index contributed by atoms with van der Waals surface area (Å²) < 4.78 is 5.52. The molecule has 2 aromatic rings. The average Bonchev–Trinajstić information content (AvgIpc) is 2.75. The summed E-state index contributed by atoms with van der Waals surface area (Å²) in [5, 5.41) is 7.80. The molecule has 1 N–H and O–H groups in total. The molecule has 0 aliphatic heterocycles. The molecule has 0 aliphatic carbocycles. The van der Waals surface area contributed by atoms with Crippen LogP contribution in [0.5, 0.6) is 5.88 Å². The second kappa shape index (κ2) is 5.48. The second-order valence-corrected chi connectivity index (χ2v) is 4.48. The number of nitrogens with one attached hydrogen (secondary N) is 1. The normalized spacial score (nSPS) is 12.4. The highest BCUT2D eigenvalue weighted by Gasteiger charge is 2.18. The van der Waals surface area contributed by atoms with Crippen LogP contribution in [0.1, 0.15) is 25.4 Å². The molecule has 1 heterocycles. The van der Waals surface area contributed by atoms with Gasteiger partial charge in [-0.25, -0.2) is 0 Å². The zero-order chi connectivity index (χ0) is 13.1. The van der Waals surface area contributed by atoms with Gasteiger partial charge in [0, 0.05) is 10.7 Å². The van der Waals surface area contributed by atoms with E-state index in [1.165, 1.54) is 0 Å². The lowest BCUT2D eigenvalue weighted by Gasteiger charge is -2.09. The molecule has 1 aromatic heterocycles. The molecular formula is C13H14BClN2O. The molecule has 0 amide bonds. The van der Waals surface area contributed by atoms with E-state index < -0.39 is 0 Å². The number of hydrogen-bond acceptors (Lipinski definition) is 2. The van der Waals surface area contributed by atoms with Crippen molar-refractivity contribution in [2.75, 3.05) is 6.61 Å². The first-order chi connectivity index (χ1) is 8.63. The third kappa shape index (κ3) is 2.54. The van der Waals surface area contributed by atoms with Crippen molar-refractivity contribution in [2.24, 2.45) is 0 Å². The van der Waals surface area contributed by atoms with E-state index in [9.17, 15) is 0 Å². The maximum atomic E-state index is 5.94. The summed E-state index contributed by atoms with van der Waals surface area (Å²) in [7, 11) is 5.94. The Morgan fingerprint density at radius 2 is 2.06 bits per heavy atom. The van der Waals surface area contributed by atoms with Gasteiger partial charge in [-0.1, -0.05) is 30.7 Å². The first kappa shape index (κ1) is 13.0. The highest BCUT2D eigenvalue weighted by molar-refractivity contribution is 6.30. The number of rotatable bonds is 4. The van der Waals surface area contributed by atoms with Crippen molar-refractivity contribution in [3.63, 3.8) is 0 Å². The second-order valence-electron chi connectivity index (χ2n) is 4.05. The van der Waals surface area contributed by atoms with Crippen LogP contribution in [0.3, 0.4) is 0 Å². The molecule has 0 aliphatic rings. The molecule has 2 rings (SSSR count). The molecule has 1 unspecified atom stereocenters. The van der Waals surface area contributed by atoms with Crippen molar-refractivity contribution in [1.29, 1.82) is 0 Å². The first-order valence-corrected chi connectivity index (χ1v) is 6.23. The smallest absolute Gasteiger partial charge is 0.240 e. The summed E-state index contributed by atoms with van der Waals surface area (Å²) in [5.74, 6) is 0.435. The lowest BCUT2D eigenvalue weighted by atomic mass is 9.83. The minimum Gasteiger partial charge on any atom is -0.476 e. The molecular weight excluding hydrogens is 246 g/mol. The van der Waals surface area contributed by atoms with Crippen LogP contribution >= 0.6 is 11.6 Å². The SMILES string of the molecule is [B]C(C)c1[nH]nc(OCC)c1-c1ccc(Cl)cc1. The lowest BCUT2D eigenvalue weighted by Crippen LogP contribution is -1.97. The Hall–Kier alpha value is -1.42. The van der Waals surface area contributed by atoms with Crippen LogP contribution in [0, 0.1) is 0 Å². The fourth-order valence-corrected chi connectivity index (χ4v) is 1.93. The average molecular weight is 261 g/mol. The summed E-state index contributed by atoms with van der Waals surface area (Å²) in [6.07, 6.45) is 0. The van der Waals surface area contributed by atoms with Gasteiger partial charge in [-0.3, -0.25) is 5.10 Å². The molecule has 1 aromatic carbocycles. The van der Waals surface area contributed by atoms with Crippen molar-refractivity contribution in [2.45, 2.75) is 19.7 Å². The molecule has 1 atom stereocenters. The van der Waals surface area contributed by atoms with E-state index in [0.29, 0.717) is 17.5 Å². The fourth-order valence-electron chi connectivity index (χ4n) is 1.80. The largest absolute Gasteiger partial charge is 0.476 e. The number of nitrogens with zero attached hydrogens (tertiary/aromatic N) is 1. The van der Waals surface area contributed by atoms with Crippen molar-refractivity contribution >= 4 is 19.4 Å². The number of aromatic nitrogens is 2. The van der Waals surface area contributed by atoms with Gasteiger partial charge >= 0.3 is 0 Å². The third-order valence-corrected chi connectivity index (χ3v) is 2.88. The highest BCUT2D eigenvalue weighted by atomic mass is 35.5. The van der Waals surface area contributed by atoms with Gasteiger partial charge < -0.3 is 4.74 Å². The molecule has 0 fully saturated rings. The Morgan fingerprint density at radius 3 is 2.61 bits per heavy atom. The first-order valence-electron chi connectivity index (χ1n) is 5.86. The van der Waals surface area contributed by atoms with E-state index in [1.54, 1.807) is 0 Å². The minimum atomic E-state index is -0.141. The molecule has 2 radical (unpaired) electrons. The molecule has 3 nitrogen and oxygen atoms in total. The predicted octanol–water partition coefficient (Wildman–Crippen LogP) is 3.36. The molecule has 18 heavy (non-hydrogen) atoms. The van der Waals surface area contributed by atoms with Crippen LogP contribution in [0.2, 0.25) is 5.02 Å². The van der Waals surface area contributed by atoms with Crippen LogP contribution in [0.15, 0.2) is 24.3 Å². The van der Waals surface area contributed by atoms with E-state index in [4.69, 9.17) is 24.2 Å². The molecule has 0 bridgehead atoms. The summed E-state index contributed by atoms with van der Waals surface area (Å²) in [5.41, 5.74) is 2.76. The van der Waals surface area contributed by atoms with E-state index in [-0.39, 0.29) is 5.82 Å². The van der Waals surface area contributed by atoms with Crippen LogP contribution < -0.4 is 4.74 Å². The van der Waals surface area contributed by atoms with Gasteiger partial charge in [0.1, 0.15) is 0 Å². The molecule has 0 saturated heterocycles. The topological polar surface area (TPSA) is 37.9 Å². The van der Waals surface area contributed by atoms with E-state index in [0.717, 1.165) is 16.8 Å². The van der Waals surface area contributed by atoms with Gasteiger partial charge in [-0.05, 0) is 30.4 Å². The van der Waals surface area contributed by atoms with Crippen molar-refractivity contribution in [1.82, 2.24) is 10.2 Å². The Kier molecular flexibility index (Phi) is 3.97. The standard InChI is InChI=1S/C13H14BClN2O/c1-3-18-13-11(12(8(2)14)16-17-13)9-4-6-10(15)7-5-9/h4-8H,3H2,1-2H3,(H,16,17). The van der Waals surface area contributed by atoms with Gasteiger partial charge in [0.15, 0.2) is 0 Å². The van der Waals surface area contributed by atoms with Gasteiger partial charge in [0.05, 0.1) is 20.0 Å². The van der Waals surface area contributed by atoms with Crippen LogP contribution in [0.25, 0.3) is 11.1 Å². The highest BCUT2D eigenvalue weighted by Crippen LogP contribution is 2.34. The number of benzene rings is 1. The van der Waals surface area contributed by atoms with Crippen molar-refractivity contribution in [3.05, 3.63) is 35.0 Å².